The number of hydrogen-bond acceptors (Lipinski definition) is 5. The van der Waals surface area contributed by atoms with Crippen LogP contribution in [0.2, 0.25) is 0 Å². The van der Waals surface area contributed by atoms with Crippen molar-refractivity contribution in [3.05, 3.63) is 72.2 Å². The van der Waals surface area contributed by atoms with Gasteiger partial charge in [-0.3, -0.25) is 4.79 Å². The van der Waals surface area contributed by atoms with Gasteiger partial charge in [0, 0.05) is 12.0 Å². The summed E-state index contributed by atoms with van der Waals surface area (Å²) >= 11 is 0. The van der Waals surface area contributed by atoms with E-state index in [1.54, 1.807) is 13.3 Å². The first kappa shape index (κ1) is 16.8. The lowest BCUT2D eigenvalue weighted by molar-refractivity contribution is -0.145. The minimum atomic E-state index is -0.301. The molecule has 1 heterocycles. The number of methoxy groups -OCH3 is 1. The molecule has 1 aromatic heterocycles. The number of para-hydroxylation sites is 1. The molecule has 0 fully saturated rings. The van der Waals surface area contributed by atoms with Crippen LogP contribution in [0.1, 0.15) is 17.9 Å². The zero-order valence-electron chi connectivity index (χ0n) is 14.0. The van der Waals surface area contributed by atoms with Crippen molar-refractivity contribution >= 4 is 5.97 Å². The summed E-state index contributed by atoms with van der Waals surface area (Å²) in [5.41, 5.74) is 1.91. The molecule has 5 heteroatoms. The van der Waals surface area contributed by atoms with Crippen LogP contribution in [0.5, 0.6) is 5.75 Å². The molecule has 0 radical (unpaired) electrons. The van der Waals surface area contributed by atoms with Crippen LogP contribution in [-0.4, -0.2) is 18.1 Å². The Morgan fingerprint density at radius 3 is 2.64 bits per heavy atom. The van der Waals surface area contributed by atoms with Gasteiger partial charge >= 0.3 is 5.97 Å². The molecule has 0 amide bonds. The van der Waals surface area contributed by atoms with Crippen molar-refractivity contribution in [1.29, 1.82) is 0 Å². The van der Waals surface area contributed by atoms with Gasteiger partial charge in [-0.15, -0.1) is 0 Å². The number of benzene rings is 2. The number of ether oxygens (including phenoxy) is 2. The molecular formula is C20H19NO4. The van der Waals surface area contributed by atoms with E-state index in [0.29, 0.717) is 18.1 Å². The predicted molar refractivity (Wildman–Crippen MR) is 93.1 cm³/mol. The van der Waals surface area contributed by atoms with Gasteiger partial charge in [0.15, 0.2) is 12.4 Å². The summed E-state index contributed by atoms with van der Waals surface area (Å²) in [6.07, 6.45) is 2.46. The lowest BCUT2D eigenvalue weighted by Gasteiger charge is -2.07. The third-order valence-electron chi connectivity index (χ3n) is 3.76. The highest BCUT2D eigenvalue weighted by molar-refractivity contribution is 5.69. The van der Waals surface area contributed by atoms with Gasteiger partial charge in [0.1, 0.15) is 5.75 Å². The number of rotatable bonds is 7. The van der Waals surface area contributed by atoms with Crippen LogP contribution in [0.15, 0.2) is 65.2 Å². The number of nitrogens with zero attached hydrogens (tertiary/aromatic N) is 1. The standard InChI is InChI=1S/C20H19NO4/c1-23-17-10-6-5-9-16(17)11-12-20(22)24-14-19-21-13-18(25-19)15-7-3-2-4-8-15/h2-10,13H,11-12,14H2,1H3. The molecule has 25 heavy (non-hydrogen) atoms. The molecule has 0 saturated carbocycles. The quantitative estimate of drug-likeness (QED) is 0.609. The number of hydrogen-bond donors (Lipinski definition) is 0. The minimum absolute atomic E-state index is 0.0254. The number of aryl methyl sites for hydroxylation is 1. The van der Waals surface area contributed by atoms with Crippen molar-refractivity contribution in [3.8, 4) is 17.1 Å². The molecule has 0 unspecified atom stereocenters. The Hall–Kier alpha value is -3.08. The third-order valence-corrected chi connectivity index (χ3v) is 3.76. The van der Waals surface area contributed by atoms with Gasteiger partial charge in [-0.2, -0.15) is 0 Å². The molecule has 0 N–H and O–H groups in total. The van der Waals surface area contributed by atoms with Crippen LogP contribution in [0.4, 0.5) is 0 Å². The summed E-state index contributed by atoms with van der Waals surface area (Å²) in [6, 6.07) is 17.3. The van der Waals surface area contributed by atoms with Crippen LogP contribution >= 0.6 is 0 Å². The fourth-order valence-electron chi connectivity index (χ4n) is 2.47. The van der Waals surface area contributed by atoms with E-state index in [-0.39, 0.29) is 19.0 Å². The van der Waals surface area contributed by atoms with E-state index in [2.05, 4.69) is 4.98 Å². The van der Waals surface area contributed by atoms with Gasteiger partial charge in [-0.25, -0.2) is 4.98 Å². The SMILES string of the molecule is COc1ccccc1CCC(=O)OCc1ncc(-c2ccccc2)o1. The number of esters is 1. The molecule has 0 atom stereocenters. The summed E-state index contributed by atoms with van der Waals surface area (Å²) in [7, 11) is 1.62. The highest BCUT2D eigenvalue weighted by Crippen LogP contribution is 2.21. The van der Waals surface area contributed by atoms with Crippen molar-refractivity contribution in [2.75, 3.05) is 7.11 Å². The maximum Gasteiger partial charge on any atom is 0.306 e. The maximum atomic E-state index is 11.9. The molecule has 0 bridgehead atoms. The second-order valence-electron chi connectivity index (χ2n) is 5.46. The molecule has 3 aromatic rings. The van der Waals surface area contributed by atoms with E-state index in [0.717, 1.165) is 16.9 Å². The van der Waals surface area contributed by atoms with Gasteiger partial charge in [-0.1, -0.05) is 48.5 Å². The van der Waals surface area contributed by atoms with E-state index in [9.17, 15) is 4.79 Å². The smallest absolute Gasteiger partial charge is 0.306 e. The number of aromatic nitrogens is 1. The van der Waals surface area contributed by atoms with Crippen molar-refractivity contribution in [3.63, 3.8) is 0 Å². The molecule has 0 aliphatic rings. The maximum absolute atomic E-state index is 11.9. The van der Waals surface area contributed by atoms with Gasteiger partial charge in [0.2, 0.25) is 5.89 Å². The topological polar surface area (TPSA) is 61.6 Å². The van der Waals surface area contributed by atoms with E-state index in [1.807, 2.05) is 54.6 Å². The Labute approximate surface area is 146 Å². The first-order valence-electron chi connectivity index (χ1n) is 8.04. The van der Waals surface area contributed by atoms with Gasteiger partial charge in [0.25, 0.3) is 0 Å². The minimum Gasteiger partial charge on any atom is -0.496 e. The van der Waals surface area contributed by atoms with Crippen LogP contribution in [-0.2, 0) is 22.6 Å². The summed E-state index contributed by atoms with van der Waals surface area (Å²) < 4.78 is 16.1. The van der Waals surface area contributed by atoms with Gasteiger partial charge < -0.3 is 13.9 Å². The number of carbonyl (C=O) groups excluding carboxylic acids is 1. The summed E-state index contributed by atoms with van der Waals surface area (Å²) in [5, 5.41) is 0. The summed E-state index contributed by atoms with van der Waals surface area (Å²) in [6.45, 7) is 0.0254. The van der Waals surface area contributed by atoms with Crippen LogP contribution in [0, 0.1) is 0 Å². The number of oxazole rings is 1. The van der Waals surface area contributed by atoms with Gasteiger partial charge in [-0.05, 0) is 18.1 Å². The van der Waals surface area contributed by atoms with Crippen molar-refractivity contribution in [1.82, 2.24) is 4.98 Å². The highest BCUT2D eigenvalue weighted by Gasteiger charge is 2.10. The normalized spacial score (nSPS) is 10.4. The molecule has 0 aliphatic carbocycles. The zero-order chi connectivity index (χ0) is 17.5. The van der Waals surface area contributed by atoms with E-state index < -0.39 is 0 Å². The summed E-state index contributed by atoms with van der Waals surface area (Å²) in [5.74, 6) is 1.51. The second kappa shape index (κ2) is 8.15. The first-order chi connectivity index (χ1) is 12.3. The first-order valence-corrected chi connectivity index (χ1v) is 8.04. The average molecular weight is 337 g/mol. The molecule has 128 valence electrons. The molecular weight excluding hydrogens is 318 g/mol. The molecule has 0 spiro atoms. The third kappa shape index (κ3) is 4.47. The molecule has 3 rings (SSSR count). The predicted octanol–water partition coefficient (Wildman–Crippen LogP) is 4.03. The van der Waals surface area contributed by atoms with Crippen LogP contribution < -0.4 is 4.74 Å². The molecule has 5 nitrogen and oxygen atoms in total. The number of carbonyl (C=O) groups is 1. The van der Waals surface area contributed by atoms with Crippen LogP contribution in [0.3, 0.4) is 0 Å². The monoisotopic (exact) mass is 337 g/mol. The highest BCUT2D eigenvalue weighted by atomic mass is 16.5. The average Bonchev–Trinajstić information content (AvgIpc) is 3.14. The fraction of sp³-hybridized carbons (Fsp3) is 0.200. The molecule has 0 saturated heterocycles. The van der Waals surface area contributed by atoms with Crippen molar-refractivity contribution in [2.24, 2.45) is 0 Å². The van der Waals surface area contributed by atoms with Crippen LogP contribution in [0.25, 0.3) is 11.3 Å². The fourth-order valence-corrected chi connectivity index (χ4v) is 2.47. The Morgan fingerprint density at radius 1 is 1.08 bits per heavy atom. The summed E-state index contributed by atoms with van der Waals surface area (Å²) in [4.78, 5) is 16.1. The van der Waals surface area contributed by atoms with E-state index in [4.69, 9.17) is 13.9 Å². The lowest BCUT2D eigenvalue weighted by atomic mass is 10.1. The lowest BCUT2D eigenvalue weighted by Crippen LogP contribution is -2.06. The molecule has 0 aliphatic heterocycles. The van der Waals surface area contributed by atoms with Crippen molar-refractivity contribution in [2.45, 2.75) is 19.4 Å². The van der Waals surface area contributed by atoms with Crippen molar-refractivity contribution < 1.29 is 18.7 Å². The second-order valence-corrected chi connectivity index (χ2v) is 5.46. The zero-order valence-corrected chi connectivity index (χ0v) is 14.0. The van der Waals surface area contributed by atoms with E-state index >= 15 is 0 Å². The Balaban J connectivity index is 1.50. The Kier molecular flexibility index (Phi) is 5.46. The van der Waals surface area contributed by atoms with E-state index in [1.165, 1.54) is 0 Å². The Bertz CT molecular complexity index is 826. The largest absolute Gasteiger partial charge is 0.496 e. The molecule has 2 aromatic carbocycles. The Morgan fingerprint density at radius 2 is 1.84 bits per heavy atom. The van der Waals surface area contributed by atoms with Gasteiger partial charge in [0.05, 0.1) is 13.3 Å².